The fourth-order valence-electron chi connectivity index (χ4n) is 2.08. The lowest BCUT2D eigenvalue weighted by atomic mass is 10.2. The lowest BCUT2D eigenvalue weighted by Gasteiger charge is -2.08. The number of hydrogen-bond acceptors (Lipinski definition) is 3. The van der Waals surface area contributed by atoms with E-state index in [1.165, 1.54) is 0 Å². The summed E-state index contributed by atoms with van der Waals surface area (Å²) in [4.78, 5) is 28.3. The normalized spacial score (nSPS) is 10.3. The molecule has 3 aromatic rings. The molecule has 3 rings (SSSR count). The van der Waals surface area contributed by atoms with E-state index in [1.807, 2.05) is 24.3 Å². The van der Waals surface area contributed by atoms with Crippen LogP contribution in [0.1, 0.15) is 20.8 Å². The minimum atomic E-state index is -0.504. The van der Waals surface area contributed by atoms with E-state index in [1.54, 1.807) is 36.4 Å². The Morgan fingerprint density at radius 3 is 2.35 bits per heavy atom. The third-order valence-electron chi connectivity index (χ3n) is 3.24. The third kappa shape index (κ3) is 3.30. The summed E-state index contributed by atoms with van der Waals surface area (Å²) < 4.78 is 0. The standard InChI is InChI=1S/C17H12ClN3O2/c18-13-7-3-2-6-12(13)16(22)20-21-17(23)15-10-9-11-5-1-4-8-14(11)19-15/h1-10H,(H,20,22)(H,21,23). The number of halogens is 1. The molecule has 23 heavy (non-hydrogen) atoms. The van der Waals surface area contributed by atoms with Gasteiger partial charge in [0.1, 0.15) is 5.69 Å². The summed E-state index contributed by atoms with van der Waals surface area (Å²) in [6.07, 6.45) is 0. The van der Waals surface area contributed by atoms with Crippen molar-refractivity contribution in [3.63, 3.8) is 0 Å². The minimum Gasteiger partial charge on any atom is -0.267 e. The van der Waals surface area contributed by atoms with Crippen LogP contribution in [-0.4, -0.2) is 16.8 Å². The third-order valence-corrected chi connectivity index (χ3v) is 3.57. The van der Waals surface area contributed by atoms with Gasteiger partial charge < -0.3 is 0 Å². The largest absolute Gasteiger partial charge is 0.288 e. The van der Waals surface area contributed by atoms with Crippen molar-refractivity contribution in [2.45, 2.75) is 0 Å². The maximum Gasteiger partial charge on any atom is 0.288 e. The average molecular weight is 326 g/mol. The molecule has 0 saturated heterocycles. The molecule has 5 nitrogen and oxygen atoms in total. The molecule has 6 heteroatoms. The lowest BCUT2D eigenvalue weighted by molar-refractivity contribution is 0.0844. The SMILES string of the molecule is O=C(NNC(=O)c1ccccc1Cl)c1ccc2ccccc2n1. The monoisotopic (exact) mass is 325 g/mol. The second-order valence-corrected chi connectivity index (χ2v) is 5.18. The van der Waals surface area contributed by atoms with Gasteiger partial charge in [0.25, 0.3) is 11.8 Å². The van der Waals surface area contributed by atoms with Crippen molar-refractivity contribution in [3.8, 4) is 0 Å². The van der Waals surface area contributed by atoms with Crippen LogP contribution in [0.3, 0.4) is 0 Å². The number of hydrazine groups is 1. The molecule has 0 radical (unpaired) electrons. The summed E-state index contributed by atoms with van der Waals surface area (Å²) in [6.45, 7) is 0. The maximum absolute atomic E-state index is 12.1. The molecule has 0 aliphatic carbocycles. The number of fused-ring (bicyclic) bond motifs is 1. The van der Waals surface area contributed by atoms with Gasteiger partial charge in [-0.3, -0.25) is 20.4 Å². The van der Waals surface area contributed by atoms with Crippen molar-refractivity contribution in [2.75, 3.05) is 0 Å². The molecule has 2 amide bonds. The summed E-state index contributed by atoms with van der Waals surface area (Å²) >= 11 is 5.93. The molecule has 0 bridgehead atoms. The van der Waals surface area contributed by atoms with E-state index in [0.717, 1.165) is 5.39 Å². The Bertz CT molecular complexity index is 896. The molecule has 114 valence electrons. The number of pyridine rings is 1. The number of nitrogens with one attached hydrogen (secondary N) is 2. The number of aromatic nitrogens is 1. The van der Waals surface area contributed by atoms with Gasteiger partial charge in [0.15, 0.2) is 0 Å². The first kappa shape index (κ1) is 15.0. The summed E-state index contributed by atoms with van der Waals surface area (Å²) in [5.41, 5.74) is 5.85. The molecule has 0 unspecified atom stereocenters. The average Bonchev–Trinajstić information content (AvgIpc) is 2.59. The molecular formula is C17H12ClN3O2. The zero-order chi connectivity index (χ0) is 16.2. The van der Waals surface area contributed by atoms with Crippen LogP contribution in [-0.2, 0) is 0 Å². The topological polar surface area (TPSA) is 71.1 Å². The summed E-state index contributed by atoms with van der Waals surface area (Å²) in [5, 5.41) is 1.24. The highest BCUT2D eigenvalue weighted by molar-refractivity contribution is 6.33. The number of rotatable bonds is 2. The zero-order valence-electron chi connectivity index (χ0n) is 11.9. The van der Waals surface area contributed by atoms with Gasteiger partial charge in [-0.2, -0.15) is 0 Å². The number of carbonyl (C=O) groups excluding carboxylic acids is 2. The number of amides is 2. The highest BCUT2D eigenvalue weighted by Crippen LogP contribution is 2.14. The van der Waals surface area contributed by atoms with E-state index in [0.29, 0.717) is 10.5 Å². The molecular weight excluding hydrogens is 314 g/mol. The molecule has 1 aromatic heterocycles. The van der Waals surface area contributed by atoms with Crippen molar-refractivity contribution in [2.24, 2.45) is 0 Å². The van der Waals surface area contributed by atoms with Crippen molar-refractivity contribution in [3.05, 3.63) is 76.9 Å². The summed E-state index contributed by atoms with van der Waals surface area (Å²) in [6, 6.07) is 17.4. The van der Waals surface area contributed by atoms with Crippen LogP contribution in [0.15, 0.2) is 60.7 Å². The number of carbonyl (C=O) groups is 2. The Morgan fingerprint density at radius 1 is 0.826 bits per heavy atom. The zero-order valence-corrected chi connectivity index (χ0v) is 12.7. The van der Waals surface area contributed by atoms with Crippen LogP contribution in [0.25, 0.3) is 10.9 Å². The van der Waals surface area contributed by atoms with Crippen LogP contribution in [0, 0.1) is 0 Å². The van der Waals surface area contributed by atoms with E-state index in [-0.39, 0.29) is 11.3 Å². The van der Waals surface area contributed by atoms with Crippen molar-refractivity contribution in [1.82, 2.24) is 15.8 Å². The first-order valence-electron chi connectivity index (χ1n) is 6.86. The second-order valence-electron chi connectivity index (χ2n) is 4.78. The highest BCUT2D eigenvalue weighted by Gasteiger charge is 2.12. The van der Waals surface area contributed by atoms with Crippen LogP contribution >= 0.6 is 11.6 Å². The van der Waals surface area contributed by atoms with Gasteiger partial charge in [0, 0.05) is 5.39 Å². The summed E-state index contributed by atoms with van der Waals surface area (Å²) in [7, 11) is 0. The molecule has 0 aliphatic rings. The maximum atomic E-state index is 12.1. The van der Waals surface area contributed by atoms with Gasteiger partial charge in [0.05, 0.1) is 16.1 Å². The van der Waals surface area contributed by atoms with E-state index >= 15 is 0 Å². The Hall–Kier alpha value is -2.92. The first-order valence-corrected chi connectivity index (χ1v) is 7.24. The fourth-order valence-corrected chi connectivity index (χ4v) is 2.30. The minimum absolute atomic E-state index is 0.211. The van der Waals surface area contributed by atoms with Gasteiger partial charge in [-0.25, -0.2) is 4.98 Å². The van der Waals surface area contributed by atoms with Gasteiger partial charge in [-0.05, 0) is 24.3 Å². The molecule has 1 heterocycles. The molecule has 2 aromatic carbocycles. The van der Waals surface area contributed by atoms with E-state index < -0.39 is 11.8 Å². The van der Waals surface area contributed by atoms with Gasteiger partial charge in [-0.15, -0.1) is 0 Å². The van der Waals surface area contributed by atoms with Crippen LogP contribution in [0.5, 0.6) is 0 Å². The van der Waals surface area contributed by atoms with E-state index in [4.69, 9.17) is 11.6 Å². The van der Waals surface area contributed by atoms with Crippen LogP contribution < -0.4 is 10.9 Å². The van der Waals surface area contributed by atoms with Gasteiger partial charge in [0.2, 0.25) is 0 Å². The molecule has 0 saturated carbocycles. The Balaban J connectivity index is 1.71. The van der Waals surface area contributed by atoms with Crippen molar-refractivity contribution in [1.29, 1.82) is 0 Å². The predicted octanol–water partition coefficient (Wildman–Crippen LogP) is 2.96. The second kappa shape index (κ2) is 6.46. The molecule has 2 N–H and O–H groups in total. The number of para-hydroxylation sites is 1. The number of benzene rings is 2. The van der Waals surface area contributed by atoms with Crippen LogP contribution in [0.4, 0.5) is 0 Å². The molecule has 0 fully saturated rings. The molecule has 0 atom stereocenters. The Labute approximate surface area is 137 Å². The van der Waals surface area contributed by atoms with E-state index in [2.05, 4.69) is 15.8 Å². The van der Waals surface area contributed by atoms with Crippen molar-refractivity contribution >= 4 is 34.3 Å². The quantitative estimate of drug-likeness (QED) is 0.712. The lowest BCUT2D eigenvalue weighted by Crippen LogP contribution is -2.42. The molecule has 0 aliphatic heterocycles. The summed E-state index contributed by atoms with van der Waals surface area (Å²) in [5.74, 6) is -0.999. The number of hydrogen-bond donors (Lipinski definition) is 2. The predicted molar refractivity (Wildman–Crippen MR) is 88.1 cm³/mol. The Morgan fingerprint density at radius 2 is 1.52 bits per heavy atom. The van der Waals surface area contributed by atoms with E-state index in [9.17, 15) is 9.59 Å². The smallest absolute Gasteiger partial charge is 0.267 e. The molecule has 0 spiro atoms. The van der Waals surface area contributed by atoms with Crippen molar-refractivity contribution < 1.29 is 9.59 Å². The fraction of sp³-hybridized carbons (Fsp3) is 0. The highest BCUT2D eigenvalue weighted by atomic mass is 35.5. The Kier molecular flexibility index (Phi) is 4.21. The number of nitrogens with zero attached hydrogens (tertiary/aromatic N) is 1. The first-order chi connectivity index (χ1) is 11.1. The van der Waals surface area contributed by atoms with Crippen LogP contribution in [0.2, 0.25) is 5.02 Å². The van der Waals surface area contributed by atoms with Gasteiger partial charge >= 0.3 is 0 Å². The van der Waals surface area contributed by atoms with Gasteiger partial charge in [-0.1, -0.05) is 48.0 Å².